The maximum atomic E-state index is 11.4. The molecule has 0 aliphatic carbocycles. The molecular weight excluding hydrogens is 216 g/mol. The Balaban J connectivity index is 4.41. The highest BCUT2D eigenvalue weighted by Crippen LogP contribution is 2.02. The first-order valence-corrected chi connectivity index (χ1v) is 4.74. The average molecular weight is 233 g/mol. The van der Waals surface area contributed by atoms with Crippen LogP contribution in [-0.2, 0) is 14.4 Å². The number of hydrogen-bond acceptors (Lipinski definition) is 5. The monoisotopic (exact) mass is 233 g/mol. The van der Waals surface area contributed by atoms with Crippen LogP contribution in [0.25, 0.3) is 1.43 Å². The summed E-state index contributed by atoms with van der Waals surface area (Å²) < 4.78 is 6.29. The van der Waals surface area contributed by atoms with Gasteiger partial charge in [0.1, 0.15) is 6.04 Å². The second-order valence-corrected chi connectivity index (χ2v) is 3.75. The van der Waals surface area contributed by atoms with Gasteiger partial charge in [-0.1, -0.05) is 13.8 Å². The van der Waals surface area contributed by atoms with Crippen LogP contribution in [0.2, 0.25) is 0 Å². The van der Waals surface area contributed by atoms with Crippen molar-refractivity contribution in [3.8, 4) is 0 Å². The number of hydrogen-bond donors (Lipinski definition) is 4. The fraction of sp³-hybridized carbons (Fsp3) is 0.667. The van der Waals surface area contributed by atoms with Crippen LogP contribution in [0.15, 0.2) is 0 Å². The number of nitrogens with two attached hydrogens (primary N) is 1. The molecule has 0 fully saturated rings. The van der Waals surface area contributed by atoms with E-state index in [-0.39, 0.29) is 5.92 Å². The van der Waals surface area contributed by atoms with Crippen LogP contribution in [0.1, 0.15) is 20.3 Å². The first kappa shape index (κ1) is 12.4. The van der Waals surface area contributed by atoms with E-state index in [9.17, 15) is 14.4 Å². The summed E-state index contributed by atoms with van der Waals surface area (Å²) >= 11 is 0. The standard InChI is InChI=1S/C9H16N2O5/c1-4(2)7(9(15)16)11-8(14)5(10)3-6(12)13/h4-5,7H,3,10H2,1-2H3,(H,11,14)(H,12,13)(H,15,16)/t5-,7-/m0/s1/i/hD. The highest BCUT2D eigenvalue weighted by atomic mass is 16.4. The van der Waals surface area contributed by atoms with Crippen molar-refractivity contribution in [2.45, 2.75) is 32.4 Å². The first-order chi connectivity index (χ1) is 7.79. The predicted octanol–water partition coefficient (Wildman–Crippen LogP) is -0.986. The van der Waals surface area contributed by atoms with Crippen molar-refractivity contribution >= 4 is 17.8 Å². The van der Waals surface area contributed by atoms with Crippen molar-refractivity contribution in [3.05, 3.63) is 0 Å². The van der Waals surface area contributed by atoms with Gasteiger partial charge in [-0.3, -0.25) is 9.59 Å². The number of rotatable bonds is 6. The Bertz CT molecular complexity index is 308. The molecule has 0 rings (SSSR count). The molecule has 0 aromatic carbocycles. The fourth-order valence-electron chi connectivity index (χ4n) is 1.05. The van der Waals surface area contributed by atoms with E-state index >= 15 is 0 Å². The molecule has 7 nitrogen and oxygen atoms in total. The van der Waals surface area contributed by atoms with Gasteiger partial charge in [-0.05, 0) is 5.92 Å². The van der Waals surface area contributed by atoms with Gasteiger partial charge in [0, 0.05) is 0 Å². The van der Waals surface area contributed by atoms with Crippen molar-refractivity contribution in [1.82, 2.24) is 5.32 Å². The maximum Gasteiger partial charge on any atom is 0.326 e. The molecule has 0 saturated heterocycles. The fourth-order valence-corrected chi connectivity index (χ4v) is 1.05. The number of carboxylic acids is 2. The summed E-state index contributed by atoms with van der Waals surface area (Å²) in [5.74, 6) is -3.21. The highest BCUT2D eigenvalue weighted by molar-refractivity contribution is 5.89. The molecule has 0 saturated carbocycles. The Hall–Kier alpha value is -1.63. The number of carbonyl (C=O) groups is 3. The lowest BCUT2D eigenvalue weighted by atomic mass is 10.0. The Labute approximate surface area is 94.1 Å². The highest BCUT2D eigenvalue weighted by Gasteiger charge is 2.26. The second kappa shape index (κ2) is 6.06. The Morgan fingerprint density at radius 3 is 2.38 bits per heavy atom. The van der Waals surface area contributed by atoms with Gasteiger partial charge in [-0.25, -0.2) is 4.79 Å². The van der Waals surface area contributed by atoms with Gasteiger partial charge in [0.2, 0.25) is 5.91 Å². The third kappa shape index (κ3) is 4.74. The molecule has 0 aliphatic heterocycles. The lowest BCUT2D eigenvalue weighted by molar-refractivity contribution is -0.143. The molecule has 0 unspecified atom stereocenters. The van der Waals surface area contributed by atoms with E-state index in [0.29, 0.717) is 0 Å². The van der Waals surface area contributed by atoms with E-state index in [2.05, 4.69) is 10.4 Å². The molecule has 0 aromatic heterocycles. The summed E-state index contributed by atoms with van der Waals surface area (Å²) in [6.45, 7) is 3.26. The van der Waals surface area contributed by atoms with E-state index in [1.807, 2.05) is 0 Å². The zero-order valence-corrected chi connectivity index (χ0v) is 9.10. The summed E-state index contributed by atoms with van der Waals surface area (Å²) in [4.78, 5) is 32.9. The van der Waals surface area contributed by atoms with Crippen LogP contribution in [-0.4, -0.2) is 40.1 Å². The van der Waals surface area contributed by atoms with E-state index in [1.54, 1.807) is 13.8 Å². The zero-order valence-electron chi connectivity index (χ0n) is 10.1. The molecule has 0 aromatic rings. The molecule has 0 aliphatic rings. The predicted molar refractivity (Wildman–Crippen MR) is 54.6 cm³/mol. The summed E-state index contributed by atoms with van der Waals surface area (Å²) in [6, 6.07) is -2.30. The summed E-state index contributed by atoms with van der Waals surface area (Å²) in [6.07, 6.45) is -0.472. The SMILES string of the molecule is [2H]OC(=O)C[C@H](N)C(=O)N[C@H](C(=O)O)C(C)C. The van der Waals surface area contributed by atoms with Crippen LogP contribution in [0.3, 0.4) is 0 Å². The third-order valence-corrected chi connectivity index (χ3v) is 1.95. The number of amides is 1. The van der Waals surface area contributed by atoms with Crippen LogP contribution in [0, 0.1) is 5.92 Å². The number of aliphatic carboxylic acids is 2. The summed E-state index contributed by atoms with van der Waals surface area (Å²) in [5, 5.41) is 14.6. The Morgan fingerprint density at radius 2 is 2.00 bits per heavy atom. The van der Waals surface area contributed by atoms with Gasteiger partial charge in [-0.15, -0.1) is 0 Å². The molecule has 0 heterocycles. The Kier molecular flexibility index (Phi) is 4.71. The van der Waals surface area contributed by atoms with Crippen molar-refractivity contribution in [1.29, 1.82) is 1.43 Å². The smallest absolute Gasteiger partial charge is 0.326 e. The van der Waals surface area contributed by atoms with Crippen molar-refractivity contribution in [2.75, 3.05) is 0 Å². The largest absolute Gasteiger partial charge is 0.481 e. The van der Waals surface area contributed by atoms with Crippen molar-refractivity contribution < 1.29 is 24.6 Å². The van der Waals surface area contributed by atoms with Gasteiger partial charge in [0.05, 0.1) is 12.5 Å². The maximum absolute atomic E-state index is 11.4. The van der Waals surface area contributed by atoms with Gasteiger partial charge >= 0.3 is 11.9 Å². The van der Waals surface area contributed by atoms with Gasteiger partial charge in [0.25, 0.3) is 1.43 Å². The molecule has 5 N–H and O–H groups in total. The minimum absolute atomic E-state index is 0.313. The van der Waals surface area contributed by atoms with E-state index in [4.69, 9.17) is 12.3 Å². The first-order valence-electron chi connectivity index (χ1n) is 5.15. The van der Waals surface area contributed by atoms with Crippen LogP contribution in [0.5, 0.6) is 0 Å². The topological polar surface area (TPSA) is 130 Å². The minimum Gasteiger partial charge on any atom is -0.481 e. The van der Waals surface area contributed by atoms with Crippen molar-refractivity contribution in [2.24, 2.45) is 11.7 Å². The minimum atomic E-state index is -1.23. The van der Waals surface area contributed by atoms with E-state index < -0.39 is 36.4 Å². The summed E-state index contributed by atoms with van der Waals surface area (Å²) in [7, 11) is 0. The molecule has 92 valence electrons. The lowest BCUT2D eigenvalue weighted by Crippen LogP contribution is -2.51. The molecule has 0 radical (unpaired) electrons. The Morgan fingerprint density at radius 1 is 1.44 bits per heavy atom. The van der Waals surface area contributed by atoms with Crippen molar-refractivity contribution in [3.63, 3.8) is 0 Å². The normalized spacial score (nSPS) is 14.9. The summed E-state index contributed by atoms with van der Waals surface area (Å²) in [5.41, 5.74) is 5.35. The lowest BCUT2D eigenvalue weighted by Gasteiger charge is -2.19. The quantitative estimate of drug-likeness (QED) is 0.466. The molecule has 1 amide bonds. The van der Waals surface area contributed by atoms with Gasteiger partial charge < -0.3 is 21.3 Å². The number of carboxylic acid groups (broad SMARTS) is 2. The van der Waals surface area contributed by atoms with E-state index in [0.717, 1.165) is 0 Å². The molecular formula is C9H16N2O5. The number of nitrogens with one attached hydrogen (secondary N) is 1. The van der Waals surface area contributed by atoms with E-state index in [1.165, 1.54) is 0 Å². The molecule has 7 heteroatoms. The molecule has 0 bridgehead atoms. The van der Waals surface area contributed by atoms with Gasteiger partial charge in [-0.2, -0.15) is 0 Å². The second-order valence-electron chi connectivity index (χ2n) is 3.75. The number of carbonyl (C=O) groups excluding carboxylic acids is 1. The van der Waals surface area contributed by atoms with Crippen LogP contribution < -0.4 is 11.1 Å². The molecule has 0 spiro atoms. The van der Waals surface area contributed by atoms with Crippen LogP contribution in [0.4, 0.5) is 0 Å². The third-order valence-electron chi connectivity index (χ3n) is 1.95. The molecule has 16 heavy (non-hydrogen) atoms. The zero-order chi connectivity index (χ0) is 13.6. The average Bonchev–Trinajstić information content (AvgIpc) is 2.23. The molecule has 2 atom stereocenters. The van der Waals surface area contributed by atoms with Crippen LogP contribution >= 0.6 is 0 Å². The van der Waals surface area contributed by atoms with Gasteiger partial charge in [0.15, 0.2) is 0 Å².